The molecule has 1 aromatic heterocycles. The van der Waals surface area contributed by atoms with Crippen molar-refractivity contribution >= 4 is 39.6 Å². The van der Waals surface area contributed by atoms with Crippen molar-refractivity contribution in [2.24, 2.45) is 5.92 Å². The Hall–Kier alpha value is -1.19. The molecule has 0 spiro atoms. The van der Waals surface area contributed by atoms with Crippen molar-refractivity contribution in [1.82, 2.24) is 0 Å². The molecular weight excluding hydrogens is 302 g/mol. The molecular formula is C15H19N3OS2. The molecule has 1 aromatic rings. The highest BCUT2D eigenvalue weighted by Crippen LogP contribution is 2.43. The topological polar surface area (TPSA) is 70.1 Å². The Morgan fingerprint density at radius 1 is 1.52 bits per heavy atom. The van der Waals surface area contributed by atoms with Gasteiger partial charge in [-0.15, -0.1) is 11.3 Å². The first-order chi connectivity index (χ1) is 10.2. The van der Waals surface area contributed by atoms with Crippen LogP contribution in [0.25, 0.3) is 0 Å². The molecule has 2 fully saturated rings. The average molecular weight is 321 g/mol. The molecule has 1 aliphatic heterocycles. The summed E-state index contributed by atoms with van der Waals surface area (Å²) in [5.41, 5.74) is 7.00. The third kappa shape index (κ3) is 2.77. The molecule has 1 aliphatic carbocycles. The number of hydrogen-bond acceptors (Lipinski definition) is 6. The number of thioether (sulfide) groups is 1. The summed E-state index contributed by atoms with van der Waals surface area (Å²) in [6.45, 7) is 4.05. The fourth-order valence-corrected chi connectivity index (χ4v) is 5.03. The number of ketones is 1. The second-order valence-corrected chi connectivity index (χ2v) is 8.03. The largest absolute Gasteiger partial charge is 0.396 e. The van der Waals surface area contributed by atoms with Crippen LogP contribution in [0.4, 0.5) is 10.7 Å². The highest BCUT2D eigenvalue weighted by atomic mass is 32.2. The van der Waals surface area contributed by atoms with Crippen LogP contribution in [0.2, 0.25) is 0 Å². The van der Waals surface area contributed by atoms with Crippen molar-refractivity contribution in [3.63, 3.8) is 0 Å². The molecule has 0 radical (unpaired) electrons. The van der Waals surface area contributed by atoms with Crippen LogP contribution in [0.3, 0.4) is 0 Å². The lowest BCUT2D eigenvalue weighted by Gasteiger charge is -2.32. The normalized spacial score (nSPS) is 22.1. The second-order valence-electron chi connectivity index (χ2n) is 5.62. The van der Waals surface area contributed by atoms with Crippen LogP contribution in [-0.2, 0) is 0 Å². The average Bonchev–Trinajstić information content (AvgIpc) is 3.30. The van der Waals surface area contributed by atoms with Gasteiger partial charge in [0.05, 0.1) is 10.6 Å². The van der Waals surface area contributed by atoms with Gasteiger partial charge in [0, 0.05) is 30.0 Å². The number of rotatable bonds is 4. The number of nitrogens with two attached hydrogens (primary N) is 1. The summed E-state index contributed by atoms with van der Waals surface area (Å²) in [7, 11) is 0. The van der Waals surface area contributed by atoms with Gasteiger partial charge in [-0.05, 0) is 19.3 Å². The highest BCUT2D eigenvalue weighted by molar-refractivity contribution is 8.00. The Labute approximate surface area is 133 Å². The van der Waals surface area contributed by atoms with Crippen molar-refractivity contribution in [2.45, 2.75) is 31.4 Å². The summed E-state index contributed by atoms with van der Waals surface area (Å²) in [5, 5.41) is 10.9. The van der Waals surface area contributed by atoms with Crippen molar-refractivity contribution in [1.29, 1.82) is 5.26 Å². The van der Waals surface area contributed by atoms with E-state index in [1.54, 1.807) is 0 Å². The molecule has 1 atom stereocenters. The van der Waals surface area contributed by atoms with Crippen molar-refractivity contribution < 1.29 is 4.79 Å². The first-order valence-electron chi connectivity index (χ1n) is 7.38. The lowest BCUT2D eigenvalue weighted by Crippen LogP contribution is -2.37. The van der Waals surface area contributed by atoms with E-state index in [-0.39, 0.29) is 11.7 Å². The number of Topliss-reactive ketones (excluding diaryl/α,β-unsaturated/α-hetero) is 1. The Morgan fingerprint density at radius 2 is 2.29 bits per heavy atom. The van der Waals surface area contributed by atoms with Gasteiger partial charge in [-0.1, -0.05) is 6.92 Å². The van der Waals surface area contributed by atoms with E-state index in [0.717, 1.165) is 43.1 Å². The zero-order valence-corrected chi connectivity index (χ0v) is 13.7. The molecule has 2 heterocycles. The number of nitrogen functional groups attached to an aromatic ring is 1. The zero-order chi connectivity index (χ0) is 15.0. The standard InChI is InChI=1S/C15H19N3OS2/c1-2-10-8-18(5-6-20-10)15-11(7-16)12(17)14(21-15)13(19)9-3-4-9/h9-10H,2-6,8,17H2,1H3. The monoisotopic (exact) mass is 321 g/mol. The van der Waals surface area contributed by atoms with E-state index < -0.39 is 0 Å². The molecule has 0 amide bonds. The van der Waals surface area contributed by atoms with Gasteiger partial charge in [-0.2, -0.15) is 17.0 Å². The van der Waals surface area contributed by atoms with E-state index in [2.05, 4.69) is 17.9 Å². The molecule has 0 bridgehead atoms. The summed E-state index contributed by atoms with van der Waals surface area (Å²) in [4.78, 5) is 15.2. The first kappa shape index (κ1) is 14.7. The predicted molar refractivity (Wildman–Crippen MR) is 89.3 cm³/mol. The van der Waals surface area contributed by atoms with Crippen LogP contribution in [-0.4, -0.2) is 29.9 Å². The van der Waals surface area contributed by atoms with E-state index >= 15 is 0 Å². The van der Waals surface area contributed by atoms with E-state index in [1.165, 1.54) is 11.3 Å². The number of thiophene rings is 1. The van der Waals surface area contributed by atoms with Gasteiger partial charge in [0.1, 0.15) is 16.6 Å². The van der Waals surface area contributed by atoms with E-state index in [0.29, 0.717) is 21.4 Å². The molecule has 0 aromatic carbocycles. The maximum Gasteiger partial charge on any atom is 0.178 e. The lowest BCUT2D eigenvalue weighted by atomic mass is 10.1. The van der Waals surface area contributed by atoms with Crippen LogP contribution in [0.1, 0.15) is 41.4 Å². The molecule has 1 saturated heterocycles. The summed E-state index contributed by atoms with van der Waals surface area (Å²) in [6.07, 6.45) is 3.05. The molecule has 21 heavy (non-hydrogen) atoms. The molecule has 1 saturated carbocycles. The second kappa shape index (κ2) is 5.90. The van der Waals surface area contributed by atoms with Gasteiger partial charge in [0.2, 0.25) is 0 Å². The van der Waals surface area contributed by atoms with Crippen molar-refractivity contribution in [2.75, 3.05) is 29.5 Å². The minimum atomic E-state index is 0.138. The third-order valence-corrected chi connectivity index (χ3v) is 6.74. The van der Waals surface area contributed by atoms with E-state index in [9.17, 15) is 10.1 Å². The molecule has 2 aliphatic rings. The van der Waals surface area contributed by atoms with Crippen LogP contribution < -0.4 is 10.6 Å². The maximum absolute atomic E-state index is 12.3. The molecule has 2 N–H and O–H groups in total. The number of carbonyl (C=O) groups excluding carboxylic acids is 1. The number of nitrogens with zero attached hydrogens (tertiary/aromatic N) is 2. The highest BCUT2D eigenvalue weighted by Gasteiger charge is 2.35. The van der Waals surface area contributed by atoms with Gasteiger partial charge in [0.15, 0.2) is 5.78 Å². The zero-order valence-electron chi connectivity index (χ0n) is 12.1. The maximum atomic E-state index is 12.3. The minimum absolute atomic E-state index is 0.138. The molecule has 3 rings (SSSR count). The van der Waals surface area contributed by atoms with Crippen LogP contribution in [0, 0.1) is 17.2 Å². The number of carbonyl (C=O) groups is 1. The molecule has 6 heteroatoms. The number of hydrogen-bond donors (Lipinski definition) is 1. The van der Waals surface area contributed by atoms with Crippen LogP contribution in [0.5, 0.6) is 0 Å². The van der Waals surface area contributed by atoms with Crippen LogP contribution in [0.15, 0.2) is 0 Å². The van der Waals surface area contributed by atoms with Crippen LogP contribution >= 0.6 is 23.1 Å². The number of anilines is 2. The fraction of sp³-hybridized carbons (Fsp3) is 0.600. The quantitative estimate of drug-likeness (QED) is 0.863. The van der Waals surface area contributed by atoms with Gasteiger partial charge in [-0.3, -0.25) is 4.79 Å². The number of nitriles is 1. The summed E-state index contributed by atoms with van der Waals surface area (Å²) < 4.78 is 0. The fourth-order valence-electron chi connectivity index (χ4n) is 2.63. The Morgan fingerprint density at radius 3 is 2.90 bits per heavy atom. The summed E-state index contributed by atoms with van der Waals surface area (Å²) in [6, 6.07) is 2.21. The Bertz CT molecular complexity index is 601. The summed E-state index contributed by atoms with van der Waals surface area (Å²) in [5.74, 6) is 1.34. The van der Waals surface area contributed by atoms with Crippen molar-refractivity contribution in [3.8, 4) is 6.07 Å². The minimum Gasteiger partial charge on any atom is -0.396 e. The molecule has 1 unspecified atom stereocenters. The smallest absolute Gasteiger partial charge is 0.178 e. The third-order valence-electron chi connectivity index (χ3n) is 4.09. The van der Waals surface area contributed by atoms with Gasteiger partial charge < -0.3 is 10.6 Å². The van der Waals surface area contributed by atoms with Gasteiger partial charge >= 0.3 is 0 Å². The molecule has 112 valence electrons. The molecule has 4 nitrogen and oxygen atoms in total. The van der Waals surface area contributed by atoms with E-state index in [4.69, 9.17) is 5.73 Å². The van der Waals surface area contributed by atoms with Gasteiger partial charge in [0.25, 0.3) is 0 Å². The Balaban J connectivity index is 1.92. The Kier molecular flexibility index (Phi) is 4.14. The van der Waals surface area contributed by atoms with E-state index in [1.807, 2.05) is 11.8 Å². The predicted octanol–water partition coefficient (Wildman–Crippen LogP) is 3.13. The summed E-state index contributed by atoms with van der Waals surface area (Å²) >= 11 is 3.41. The SMILES string of the molecule is CCC1CN(c2sc(C(=O)C3CC3)c(N)c2C#N)CCS1. The lowest BCUT2D eigenvalue weighted by molar-refractivity contribution is 0.0972. The van der Waals surface area contributed by atoms with Gasteiger partial charge in [-0.25, -0.2) is 0 Å². The van der Waals surface area contributed by atoms with Crippen molar-refractivity contribution in [3.05, 3.63) is 10.4 Å². The first-order valence-corrected chi connectivity index (χ1v) is 9.25.